The molecule has 0 radical (unpaired) electrons. The maximum atomic E-state index is 12.3. The normalized spacial score (nSPS) is 11.3. The SMILES string of the molecule is CCN(CC(C)C)C(=O)C(C#N)(CC)CC. The molecule has 3 nitrogen and oxygen atoms in total. The van der Waals surface area contributed by atoms with E-state index >= 15 is 0 Å². The minimum absolute atomic E-state index is 0.00352. The van der Waals surface area contributed by atoms with Crippen molar-refractivity contribution in [2.75, 3.05) is 13.1 Å². The third kappa shape index (κ3) is 3.23. The summed E-state index contributed by atoms with van der Waals surface area (Å²) in [5.74, 6) is 0.435. The van der Waals surface area contributed by atoms with Crippen LogP contribution in [-0.2, 0) is 4.79 Å². The number of nitrogens with zero attached hydrogens (tertiary/aromatic N) is 2. The van der Waals surface area contributed by atoms with Crippen molar-refractivity contribution in [2.24, 2.45) is 11.3 Å². The van der Waals surface area contributed by atoms with Gasteiger partial charge in [-0.1, -0.05) is 27.7 Å². The fraction of sp³-hybridized carbons (Fsp3) is 0.846. The molecule has 3 heteroatoms. The van der Waals surface area contributed by atoms with Gasteiger partial charge in [0, 0.05) is 13.1 Å². The Morgan fingerprint density at radius 2 is 1.81 bits per heavy atom. The highest BCUT2D eigenvalue weighted by Gasteiger charge is 2.37. The van der Waals surface area contributed by atoms with E-state index in [0.29, 0.717) is 25.3 Å². The maximum absolute atomic E-state index is 12.3. The van der Waals surface area contributed by atoms with Crippen LogP contribution in [0.25, 0.3) is 0 Å². The number of nitriles is 1. The lowest BCUT2D eigenvalue weighted by molar-refractivity contribution is -0.139. The van der Waals surface area contributed by atoms with Crippen molar-refractivity contribution in [1.29, 1.82) is 5.26 Å². The molecule has 0 spiro atoms. The maximum Gasteiger partial charge on any atom is 0.243 e. The molecule has 0 unspecified atom stereocenters. The van der Waals surface area contributed by atoms with E-state index < -0.39 is 5.41 Å². The summed E-state index contributed by atoms with van der Waals surface area (Å²) < 4.78 is 0. The molecule has 0 saturated carbocycles. The fourth-order valence-corrected chi connectivity index (χ4v) is 1.86. The van der Waals surface area contributed by atoms with Crippen LogP contribution in [0.1, 0.15) is 47.5 Å². The summed E-state index contributed by atoms with van der Waals surface area (Å²) in [5, 5.41) is 9.23. The molecule has 0 fully saturated rings. The van der Waals surface area contributed by atoms with E-state index in [1.807, 2.05) is 20.8 Å². The Balaban J connectivity index is 4.91. The van der Waals surface area contributed by atoms with E-state index in [1.165, 1.54) is 0 Å². The first-order chi connectivity index (χ1) is 7.47. The number of carbonyl (C=O) groups excluding carboxylic acids is 1. The summed E-state index contributed by atoms with van der Waals surface area (Å²) in [4.78, 5) is 14.1. The first-order valence-electron chi connectivity index (χ1n) is 6.18. The Labute approximate surface area is 99.4 Å². The molecular weight excluding hydrogens is 200 g/mol. The molecule has 0 heterocycles. The van der Waals surface area contributed by atoms with Crippen LogP contribution in [0.15, 0.2) is 0 Å². The van der Waals surface area contributed by atoms with Crippen molar-refractivity contribution in [1.82, 2.24) is 4.90 Å². The number of hydrogen-bond acceptors (Lipinski definition) is 2. The van der Waals surface area contributed by atoms with Gasteiger partial charge in [0.1, 0.15) is 5.41 Å². The molecule has 0 aromatic rings. The number of rotatable bonds is 6. The van der Waals surface area contributed by atoms with Crippen LogP contribution < -0.4 is 0 Å². The smallest absolute Gasteiger partial charge is 0.243 e. The van der Waals surface area contributed by atoms with Crippen LogP contribution in [0, 0.1) is 22.7 Å². The van der Waals surface area contributed by atoms with Gasteiger partial charge in [-0.25, -0.2) is 0 Å². The highest BCUT2D eigenvalue weighted by Crippen LogP contribution is 2.28. The van der Waals surface area contributed by atoms with Crippen LogP contribution in [0.2, 0.25) is 0 Å². The second-order valence-electron chi connectivity index (χ2n) is 4.64. The first-order valence-corrected chi connectivity index (χ1v) is 6.18. The third-order valence-corrected chi connectivity index (χ3v) is 3.08. The van der Waals surface area contributed by atoms with Crippen LogP contribution in [0.5, 0.6) is 0 Å². The van der Waals surface area contributed by atoms with Crippen molar-refractivity contribution in [3.63, 3.8) is 0 Å². The summed E-state index contributed by atoms with van der Waals surface area (Å²) in [7, 11) is 0. The molecule has 0 atom stereocenters. The van der Waals surface area contributed by atoms with E-state index in [2.05, 4.69) is 19.9 Å². The topological polar surface area (TPSA) is 44.1 Å². The number of amides is 1. The highest BCUT2D eigenvalue weighted by molar-refractivity contribution is 5.85. The number of hydrogen-bond donors (Lipinski definition) is 0. The Bertz CT molecular complexity index is 262. The van der Waals surface area contributed by atoms with Gasteiger partial charge in [-0.3, -0.25) is 4.79 Å². The molecule has 16 heavy (non-hydrogen) atoms. The van der Waals surface area contributed by atoms with Gasteiger partial charge in [-0.2, -0.15) is 5.26 Å². The number of carbonyl (C=O) groups is 1. The molecule has 0 saturated heterocycles. The van der Waals surface area contributed by atoms with Crippen LogP contribution in [0.3, 0.4) is 0 Å². The molecule has 0 bridgehead atoms. The molecular formula is C13H24N2O. The van der Waals surface area contributed by atoms with E-state index in [0.717, 1.165) is 6.54 Å². The highest BCUT2D eigenvalue weighted by atomic mass is 16.2. The van der Waals surface area contributed by atoms with Gasteiger partial charge in [0.2, 0.25) is 5.91 Å². The van der Waals surface area contributed by atoms with E-state index in [-0.39, 0.29) is 5.91 Å². The van der Waals surface area contributed by atoms with E-state index in [9.17, 15) is 10.1 Å². The van der Waals surface area contributed by atoms with Crippen LogP contribution in [-0.4, -0.2) is 23.9 Å². The van der Waals surface area contributed by atoms with Gasteiger partial charge < -0.3 is 4.90 Å². The Morgan fingerprint density at radius 3 is 2.06 bits per heavy atom. The summed E-state index contributed by atoms with van der Waals surface area (Å²) in [6, 6.07) is 2.21. The summed E-state index contributed by atoms with van der Waals surface area (Å²) in [6.45, 7) is 11.4. The standard InChI is InChI=1S/C13H24N2O/c1-6-13(7-2,10-14)12(16)15(8-3)9-11(4)5/h11H,6-9H2,1-5H3. The average molecular weight is 224 g/mol. The first kappa shape index (κ1) is 15.0. The second kappa shape index (κ2) is 6.52. The molecule has 0 aliphatic carbocycles. The summed E-state index contributed by atoms with van der Waals surface area (Å²) in [6.07, 6.45) is 1.18. The molecule has 0 aliphatic rings. The Morgan fingerprint density at radius 1 is 1.31 bits per heavy atom. The zero-order valence-corrected chi connectivity index (χ0v) is 11.2. The predicted molar refractivity (Wildman–Crippen MR) is 65.7 cm³/mol. The zero-order valence-electron chi connectivity index (χ0n) is 11.2. The average Bonchev–Trinajstić information content (AvgIpc) is 2.28. The van der Waals surface area contributed by atoms with E-state index in [1.54, 1.807) is 4.90 Å². The van der Waals surface area contributed by atoms with Gasteiger partial charge in [-0.15, -0.1) is 0 Å². The van der Waals surface area contributed by atoms with Crippen molar-refractivity contribution in [3.05, 3.63) is 0 Å². The zero-order chi connectivity index (χ0) is 12.8. The monoisotopic (exact) mass is 224 g/mol. The van der Waals surface area contributed by atoms with Gasteiger partial charge in [-0.05, 0) is 25.7 Å². The molecule has 92 valence electrons. The predicted octanol–water partition coefficient (Wildman–Crippen LogP) is 2.82. The molecule has 1 amide bonds. The lowest BCUT2D eigenvalue weighted by atomic mass is 9.82. The Hall–Kier alpha value is -1.04. The third-order valence-electron chi connectivity index (χ3n) is 3.08. The van der Waals surface area contributed by atoms with Gasteiger partial charge >= 0.3 is 0 Å². The molecule has 0 N–H and O–H groups in total. The van der Waals surface area contributed by atoms with Gasteiger partial charge in [0.05, 0.1) is 6.07 Å². The largest absolute Gasteiger partial charge is 0.341 e. The van der Waals surface area contributed by atoms with Crippen molar-refractivity contribution in [2.45, 2.75) is 47.5 Å². The van der Waals surface area contributed by atoms with E-state index in [4.69, 9.17) is 0 Å². The molecule has 0 aromatic carbocycles. The lowest BCUT2D eigenvalue weighted by Crippen LogP contribution is -2.44. The van der Waals surface area contributed by atoms with Crippen LogP contribution >= 0.6 is 0 Å². The quantitative estimate of drug-likeness (QED) is 0.696. The van der Waals surface area contributed by atoms with Crippen molar-refractivity contribution >= 4 is 5.91 Å². The molecule has 0 rings (SSSR count). The lowest BCUT2D eigenvalue weighted by Gasteiger charge is -2.31. The summed E-state index contributed by atoms with van der Waals surface area (Å²) >= 11 is 0. The van der Waals surface area contributed by atoms with Crippen LogP contribution in [0.4, 0.5) is 0 Å². The van der Waals surface area contributed by atoms with Crippen molar-refractivity contribution < 1.29 is 4.79 Å². The van der Waals surface area contributed by atoms with Crippen molar-refractivity contribution in [3.8, 4) is 6.07 Å². The minimum Gasteiger partial charge on any atom is -0.341 e. The fourth-order valence-electron chi connectivity index (χ4n) is 1.86. The molecule has 0 aromatic heterocycles. The Kier molecular flexibility index (Phi) is 6.10. The molecule has 0 aliphatic heterocycles. The minimum atomic E-state index is -0.815. The second-order valence-corrected chi connectivity index (χ2v) is 4.64. The van der Waals surface area contributed by atoms with Gasteiger partial charge in [0.25, 0.3) is 0 Å². The summed E-state index contributed by atoms with van der Waals surface area (Å²) in [5.41, 5.74) is -0.815. The van der Waals surface area contributed by atoms with Gasteiger partial charge in [0.15, 0.2) is 0 Å².